The van der Waals surface area contributed by atoms with Gasteiger partial charge in [0.05, 0.1) is 18.9 Å². The van der Waals surface area contributed by atoms with E-state index >= 15 is 0 Å². The van der Waals surface area contributed by atoms with E-state index in [9.17, 15) is 9.59 Å². The number of rotatable bonds is 4. The molecule has 1 amide bonds. The Labute approximate surface area is 132 Å². The second-order valence-corrected chi connectivity index (χ2v) is 6.00. The van der Waals surface area contributed by atoms with Crippen molar-refractivity contribution >= 4 is 11.9 Å². The topological polar surface area (TPSA) is 46.6 Å². The molecule has 1 heterocycles. The van der Waals surface area contributed by atoms with Crippen molar-refractivity contribution in [2.45, 2.75) is 40.0 Å². The Kier molecular flexibility index (Phi) is 5.58. The Morgan fingerprint density at radius 1 is 1.18 bits per heavy atom. The van der Waals surface area contributed by atoms with Crippen LogP contribution < -0.4 is 0 Å². The van der Waals surface area contributed by atoms with Gasteiger partial charge in [0.15, 0.2) is 0 Å². The van der Waals surface area contributed by atoms with Gasteiger partial charge in [-0.25, -0.2) is 0 Å². The second-order valence-electron chi connectivity index (χ2n) is 6.00. The molecule has 1 aromatic rings. The van der Waals surface area contributed by atoms with Crippen molar-refractivity contribution in [3.8, 4) is 0 Å². The summed E-state index contributed by atoms with van der Waals surface area (Å²) in [5, 5.41) is 0. The number of piperidine rings is 1. The summed E-state index contributed by atoms with van der Waals surface area (Å²) in [5.41, 5.74) is 3.51. The van der Waals surface area contributed by atoms with Gasteiger partial charge in [-0.15, -0.1) is 0 Å². The molecular formula is C18H25NO3. The lowest BCUT2D eigenvalue weighted by Crippen LogP contribution is -2.41. The molecular weight excluding hydrogens is 278 g/mol. The minimum absolute atomic E-state index is 0.0504. The molecule has 0 radical (unpaired) electrons. The van der Waals surface area contributed by atoms with Gasteiger partial charge in [-0.3, -0.25) is 9.59 Å². The molecule has 0 aromatic heterocycles. The number of esters is 1. The Balaban J connectivity index is 1.87. The van der Waals surface area contributed by atoms with Gasteiger partial charge in [0, 0.05) is 13.1 Å². The fourth-order valence-electron chi connectivity index (χ4n) is 2.82. The monoisotopic (exact) mass is 303 g/mol. The molecule has 120 valence electrons. The van der Waals surface area contributed by atoms with Crippen LogP contribution in [0.25, 0.3) is 0 Å². The van der Waals surface area contributed by atoms with E-state index in [1.54, 1.807) is 0 Å². The summed E-state index contributed by atoms with van der Waals surface area (Å²) in [6.07, 6.45) is 1.85. The van der Waals surface area contributed by atoms with Crippen LogP contribution >= 0.6 is 0 Å². The third-order valence-electron chi connectivity index (χ3n) is 4.39. The third kappa shape index (κ3) is 4.09. The van der Waals surface area contributed by atoms with Crippen molar-refractivity contribution < 1.29 is 14.3 Å². The number of nitrogens with zero attached hydrogens (tertiary/aromatic N) is 1. The van der Waals surface area contributed by atoms with Crippen molar-refractivity contribution in [3.05, 3.63) is 34.9 Å². The minimum atomic E-state index is -0.122. The predicted octanol–water partition coefficient (Wildman–Crippen LogP) is 2.65. The van der Waals surface area contributed by atoms with E-state index in [1.165, 1.54) is 11.1 Å². The van der Waals surface area contributed by atoms with Crippen LogP contribution in [-0.2, 0) is 20.7 Å². The van der Waals surface area contributed by atoms with Crippen LogP contribution in [0.4, 0.5) is 0 Å². The summed E-state index contributed by atoms with van der Waals surface area (Å²) in [6, 6.07) is 6.16. The molecule has 0 atom stereocenters. The number of amides is 1. The van der Waals surface area contributed by atoms with Crippen molar-refractivity contribution in [1.29, 1.82) is 0 Å². The molecule has 4 nitrogen and oxygen atoms in total. The highest BCUT2D eigenvalue weighted by molar-refractivity contribution is 5.79. The Hall–Kier alpha value is -1.84. The predicted molar refractivity (Wildman–Crippen MR) is 85.6 cm³/mol. The van der Waals surface area contributed by atoms with E-state index in [4.69, 9.17) is 4.74 Å². The van der Waals surface area contributed by atoms with E-state index < -0.39 is 0 Å². The summed E-state index contributed by atoms with van der Waals surface area (Å²) >= 11 is 0. The van der Waals surface area contributed by atoms with Crippen LogP contribution in [0.1, 0.15) is 36.5 Å². The number of benzene rings is 1. The zero-order valence-corrected chi connectivity index (χ0v) is 13.7. The zero-order valence-electron chi connectivity index (χ0n) is 13.7. The Bertz CT molecular complexity index is 545. The quantitative estimate of drug-likeness (QED) is 0.803. The number of aryl methyl sites for hydroxylation is 2. The molecule has 4 heteroatoms. The van der Waals surface area contributed by atoms with E-state index in [0.717, 1.165) is 5.56 Å². The first-order chi connectivity index (χ1) is 10.5. The first-order valence-electron chi connectivity index (χ1n) is 8.01. The SMILES string of the molecule is CCOC(=O)C1CCN(C(=O)Cc2ccc(C)c(C)c2)CC1. The van der Waals surface area contributed by atoms with E-state index in [0.29, 0.717) is 39.0 Å². The van der Waals surface area contributed by atoms with Crippen LogP contribution in [-0.4, -0.2) is 36.5 Å². The van der Waals surface area contributed by atoms with Crippen molar-refractivity contribution in [1.82, 2.24) is 4.90 Å². The molecule has 1 aromatic carbocycles. The Morgan fingerprint density at radius 2 is 1.86 bits per heavy atom. The van der Waals surface area contributed by atoms with E-state index in [2.05, 4.69) is 26.0 Å². The van der Waals surface area contributed by atoms with Crippen molar-refractivity contribution in [2.24, 2.45) is 5.92 Å². The maximum Gasteiger partial charge on any atom is 0.309 e. The molecule has 2 rings (SSSR count). The summed E-state index contributed by atoms with van der Waals surface area (Å²) in [7, 11) is 0. The molecule has 0 saturated carbocycles. The molecule has 0 spiro atoms. The van der Waals surface area contributed by atoms with Crippen LogP contribution in [0.5, 0.6) is 0 Å². The first-order valence-corrected chi connectivity index (χ1v) is 8.01. The van der Waals surface area contributed by atoms with Gasteiger partial charge in [0.1, 0.15) is 0 Å². The smallest absolute Gasteiger partial charge is 0.309 e. The average molecular weight is 303 g/mol. The van der Waals surface area contributed by atoms with Crippen LogP contribution in [0, 0.1) is 19.8 Å². The summed E-state index contributed by atoms with van der Waals surface area (Å²) in [4.78, 5) is 26.0. The highest BCUT2D eigenvalue weighted by Crippen LogP contribution is 2.20. The largest absolute Gasteiger partial charge is 0.466 e. The molecule has 1 saturated heterocycles. The maximum absolute atomic E-state index is 12.4. The number of carbonyl (C=O) groups is 2. The summed E-state index contributed by atoms with van der Waals surface area (Å²) < 4.78 is 5.05. The summed E-state index contributed by atoms with van der Waals surface area (Å²) in [6.45, 7) is 7.67. The fraction of sp³-hybridized carbons (Fsp3) is 0.556. The van der Waals surface area contributed by atoms with Gasteiger partial charge in [-0.1, -0.05) is 18.2 Å². The highest BCUT2D eigenvalue weighted by atomic mass is 16.5. The van der Waals surface area contributed by atoms with Gasteiger partial charge in [-0.2, -0.15) is 0 Å². The zero-order chi connectivity index (χ0) is 16.1. The standard InChI is InChI=1S/C18H25NO3/c1-4-22-18(21)16-7-9-19(10-8-16)17(20)12-15-6-5-13(2)14(3)11-15/h5-6,11,16H,4,7-10,12H2,1-3H3. The van der Waals surface area contributed by atoms with E-state index in [1.807, 2.05) is 17.9 Å². The van der Waals surface area contributed by atoms with Crippen molar-refractivity contribution in [3.63, 3.8) is 0 Å². The average Bonchev–Trinajstić information content (AvgIpc) is 2.51. The number of ether oxygens (including phenoxy) is 1. The number of likely N-dealkylation sites (tertiary alicyclic amines) is 1. The van der Waals surface area contributed by atoms with Gasteiger partial charge in [0.2, 0.25) is 5.91 Å². The molecule has 0 aliphatic carbocycles. The fourth-order valence-corrected chi connectivity index (χ4v) is 2.82. The van der Waals surface area contributed by atoms with Gasteiger partial charge in [-0.05, 0) is 50.3 Å². The normalized spacial score (nSPS) is 15.7. The van der Waals surface area contributed by atoms with Crippen LogP contribution in [0.2, 0.25) is 0 Å². The van der Waals surface area contributed by atoms with Crippen LogP contribution in [0.15, 0.2) is 18.2 Å². The summed E-state index contributed by atoms with van der Waals surface area (Å²) in [5.74, 6) is -0.0278. The molecule has 1 fully saturated rings. The van der Waals surface area contributed by atoms with Gasteiger partial charge >= 0.3 is 5.97 Å². The molecule has 0 N–H and O–H groups in total. The molecule has 22 heavy (non-hydrogen) atoms. The Morgan fingerprint density at radius 3 is 2.45 bits per heavy atom. The number of hydrogen-bond acceptors (Lipinski definition) is 3. The van der Waals surface area contributed by atoms with Gasteiger partial charge in [0.25, 0.3) is 0 Å². The highest BCUT2D eigenvalue weighted by Gasteiger charge is 2.28. The number of carbonyl (C=O) groups excluding carboxylic acids is 2. The van der Waals surface area contributed by atoms with Crippen molar-refractivity contribution in [2.75, 3.05) is 19.7 Å². The third-order valence-corrected chi connectivity index (χ3v) is 4.39. The molecule has 0 bridgehead atoms. The van der Waals surface area contributed by atoms with Gasteiger partial charge < -0.3 is 9.64 Å². The lowest BCUT2D eigenvalue weighted by Gasteiger charge is -2.31. The van der Waals surface area contributed by atoms with E-state index in [-0.39, 0.29) is 17.8 Å². The second kappa shape index (κ2) is 7.43. The molecule has 1 aliphatic heterocycles. The lowest BCUT2D eigenvalue weighted by atomic mass is 9.96. The van der Waals surface area contributed by atoms with Crippen LogP contribution in [0.3, 0.4) is 0 Å². The lowest BCUT2D eigenvalue weighted by molar-refractivity contribution is -0.151. The number of hydrogen-bond donors (Lipinski definition) is 0. The first kappa shape index (κ1) is 16.5. The molecule has 1 aliphatic rings. The molecule has 0 unspecified atom stereocenters. The maximum atomic E-state index is 12.4. The minimum Gasteiger partial charge on any atom is -0.466 e.